The third kappa shape index (κ3) is 2.50. The van der Waals surface area contributed by atoms with Crippen molar-refractivity contribution in [1.82, 2.24) is 4.90 Å². The second-order valence-corrected chi connectivity index (χ2v) is 6.95. The van der Waals surface area contributed by atoms with Crippen molar-refractivity contribution in [2.24, 2.45) is 5.41 Å². The first-order valence-electron chi connectivity index (χ1n) is 7.35. The summed E-state index contributed by atoms with van der Waals surface area (Å²) in [4.78, 5) is 14.3. The molecule has 2 aliphatic rings. The Bertz CT molecular complexity index is 495. The Kier molecular flexibility index (Phi) is 3.85. The molecule has 20 heavy (non-hydrogen) atoms. The molecule has 0 unspecified atom stereocenters. The van der Waals surface area contributed by atoms with Crippen molar-refractivity contribution in [3.8, 4) is 0 Å². The van der Waals surface area contributed by atoms with Crippen LogP contribution in [0.15, 0.2) is 22.7 Å². The van der Waals surface area contributed by atoms with Crippen LogP contribution >= 0.6 is 15.9 Å². The van der Waals surface area contributed by atoms with E-state index in [2.05, 4.69) is 15.9 Å². The molecule has 108 valence electrons. The Morgan fingerprint density at radius 3 is 2.40 bits per heavy atom. The summed E-state index contributed by atoms with van der Waals surface area (Å²) in [5.74, 6) is -0.617. The normalized spacial score (nSPS) is 21.4. The van der Waals surface area contributed by atoms with Crippen molar-refractivity contribution in [1.29, 1.82) is 0 Å². The van der Waals surface area contributed by atoms with Crippen LogP contribution in [0.25, 0.3) is 0 Å². The van der Waals surface area contributed by atoms with Crippen molar-refractivity contribution in [3.63, 3.8) is 0 Å². The lowest BCUT2D eigenvalue weighted by atomic mass is 9.77. The van der Waals surface area contributed by atoms with Gasteiger partial charge in [0.25, 0.3) is 5.91 Å². The number of piperidine rings is 1. The number of carbonyl (C=O) groups is 1. The molecule has 0 aromatic heterocycles. The van der Waals surface area contributed by atoms with Gasteiger partial charge in [-0.1, -0.05) is 18.9 Å². The van der Waals surface area contributed by atoms with Crippen LogP contribution in [0.2, 0.25) is 0 Å². The molecule has 1 aliphatic heterocycles. The summed E-state index contributed by atoms with van der Waals surface area (Å²) >= 11 is 3.29. The zero-order valence-electron chi connectivity index (χ0n) is 11.5. The van der Waals surface area contributed by atoms with Gasteiger partial charge in [-0.05, 0) is 59.2 Å². The lowest BCUT2D eigenvalue weighted by Crippen LogP contribution is -2.42. The molecule has 2 nitrogen and oxygen atoms in total. The Hall–Kier alpha value is -0.900. The average molecular weight is 340 g/mol. The topological polar surface area (TPSA) is 20.3 Å². The standard InChI is InChI=1S/C16H19BrFNO/c17-12-4-3-5-13(18)14(12)15(20)19-10-8-16(9-11-19)6-1-2-7-16/h3-5H,1-2,6-11H2. The molecule has 1 saturated heterocycles. The van der Waals surface area contributed by atoms with Gasteiger partial charge in [0, 0.05) is 17.6 Å². The minimum atomic E-state index is -0.439. The minimum Gasteiger partial charge on any atom is -0.338 e. The second-order valence-electron chi connectivity index (χ2n) is 6.10. The fraction of sp³-hybridized carbons (Fsp3) is 0.562. The molecule has 1 aromatic rings. The first-order chi connectivity index (χ1) is 9.61. The first-order valence-corrected chi connectivity index (χ1v) is 8.14. The van der Waals surface area contributed by atoms with E-state index in [0.717, 1.165) is 25.9 Å². The first kappa shape index (κ1) is 14.1. The number of hydrogen-bond acceptors (Lipinski definition) is 1. The number of benzene rings is 1. The highest BCUT2D eigenvalue weighted by Crippen LogP contribution is 2.46. The molecule has 0 radical (unpaired) electrons. The van der Waals surface area contributed by atoms with Crippen LogP contribution < -0.4 is 0 Å². The van der Waals surface area contributed by atoms with E-state index in [1.54, 1.807) is 12.1 Å². The number of likely N-dealkylation sites (tertiary alicyclic amines) is 1. The zero-order chi connectivity index (χ0) is 14.2. The van der Waals surface area contributed by atoms with E-state index in [4.69, 9.17) is 0 Å². The summed E-state index contributed by atoms with van der Waals surface area (Å²) in [5, 5.41) is 0. The summed E-state index contributed by atoms with van der Waals surface area (Å²) in [6, 6.07) is 4.68. The van der Waals surface area contributed by atoms with E-state index >= 15 is 0 Å². The van der Waals surface area contributed by atoms with Crippen molar-refractivity contribution >= 4 is 21.8 Å². The summed E-state index contributed by atoms with van der Waals surface area (Å²) < 4.78 is 14.4. The van der Waals surface area contributed by atoms with Gasteiger partial charge in [0.1, 0.15) is 5.82 Å². The Morgan fingerprint density at radius 1 is 1.15 bits per heavy atom. The molecule has 3 rings (SSSR count). The SMILES string of the molecule is O=C(c1c(F)cccc1Br)N1CCC2(CCCC2)CC1. The number of nitrogens with zero attached hydrogens (tertiary/aromatic N) is 1. The fourth-order valence-electron chi connectivity index (χ4n) is 3.67. The quantitative estimate of drug-likeness (QED) is 0.743. The molecule has 0 N–H and O–H groups in total. The third-order valence-corrected chi connectivity index (χ3v) is 5.61. The molecule has 4 heteroatoms. The summed E-state index contributed by atoms with van der Waals surface area (Å²) in [6.45, 7) is 1.53. The van der Waals surface area contributed by atoms with Crippen molar-refractivity contribution in [3.05, 3.63) is 34.1 Å². The number of halogens is 2. The van der Waals surface area contributed by atoms with Crippen molar-refractivity contribution < 1.29 is 9.18 Å². The number of hydrogen-bond donors (Lipinski definition) is 0. The van der Waals surface area contributed by atoms with E-state index in [0.29, 0.717) is 9.89 Å². The monoisotopic (exact) mass is 339 g/mol. The van der Waals surface area contributed by atoms with Crippen LogP contribution in [0, 0.1) is 11.2 Å². The smallest absolute Gasteiger partial charge is 0.257 e. The Morgan fingerprint density at radius 2 is 1.80 bits per heavy atom. The van der Waals surface area contributed by atoms with Crippen LogP contribution in [-0.4, -0.2) is 23.9 Å². The second kappa shape index (κ2) is 5.47. The molecule has 1 amide bonds. The molecule has 1 aromatic carbocycles. The van der Waals surface area contributed by atoms with E-state index in [9.17, 15) is 9.18 Å². The van der Waals surface area contributed by atoms with Gasteiger partial charge in [0.05, 0.1) is 5.56 Å². The molecule has 1 aliphatic carbocycles. The van der Waals surface area contributed by atoms with Crippen molar-refractivity contribution in [2.45, 2.75) is 38.5 Å². The van der Waals surface area contributed by atoms with E-state index in [1.807, 2.05) is 4.90 Å². The van der Waals surface area contributed by atoms with E-state index in [1.165, 1.54) is 31.7 Å². The largest absolute Gasteiger partial charge is 0.338 e. The molecule has 1 heterocycles. The Balaban J connectivity index is 1.73. The van der Waals surface area contributed by atoms with Gasteiger partial charge in [-0.15, -0.1) is 0 Å². The maximum Gasteiger partial charge on any atom is 0.257 e. The van der Waals surface area contributed by atoms with Gasteiger partial charge >= 0.3 is 0 Å². The molecule has 0 atom stereocenters. The molecular formula is C16H19BrFNO. The van der Waals surface area contributed by atoms with Crippen LogP contribution in [0.3, 0.4) is 0 Å². The van der Waals surface area contributed by atoms with Crippen LogP contribution in [-0.2, 0) is 0 Å². The van der Waals surface area contributed by atoms with E-state index < -0.39 is 5.82 Å². The zero-order valence-corrected chi connectivity index (χ0v) is 13.1. The highest BCUT2D eigenvalue weighted by atomic mass is 79.9. The lowest BCUT2D eigenvalue weighted by molar-refractivity contribution is 0.0582. The van der Waals surface area contributed by atoms with Gasteiger partial charge in [-0.2, -0.15) is 0 Å². The van der Waals surface area contributed by atoms with Crippen LogP contribution in [0.4, 0.5) is 4.39 Å². The molecular weight excluding hydrogens is 321 g/mol. The van der Waals surface area contributed by atoms with Crippen LogP contribution in [0.5, 0.6) is 0 Å². The maximum absolute atomic E-state index is 13.9. The molecule has 0 bridgehead atoms. The number of amides is 1. The van der Waals surface area contributed by atoms with E-state index in [-0.39, 0.29) is 11.5 Å². The summed E-state index contributed by atoms with van der Waals surface area (Å²) in [6.07, 6.45) is 7.41. The molecule has 1 saturated carbocycles. The Labute approximate surface area is 127 Å². The van der Waals surface area contributed by atoms with Gasteiger partial charge in [0.15, 0.2) is 0 Å². The lowest BCUT2D eigenvalue weighted by Gasteiger charge is -2.39. The maximum atomic E-state index is 13.9. The number of carbonyl (C=O) groups excluding carboxylic acids is 1. The predicted octanol–water partition coefficient (Wildman–Crippen LogP) is 4.38. The van der Waals surface area contributed by atoms with Crippen molar-refractivity contribution in [2.75, 3.05) is 13.1 Å². The average Bonchev–Trinajstić information content (AvgIpc) is 2.87. The predicted molar refractivity (Wildman–Crippen MR) is 80.1 cm³/mol. The summed E-state index contributed by atoms with van der Waals surface area (Å²) in [7, 11) is 0. The molecule has 2 fully saturated rings. The highest BCUT2D eigenvalue weighted by molar-refractivity contribution is 9.10. The fourth-order valence-corrected chi connectivity index (χ4v) is 4.18. The third-order valence-electron chi connectivity index (χ3n) is 4.95. The van der Waals surface area contributed by atoms with Gasteiger partial charge in [-0.3, -0.25) is 4.79 Å². The van der Waals surface area contributed by atoms with Gasteiger partial charge in [0.2, 0.25) is 0 Å². The van der Waals surface area contributed by atoms with Gasteiger partial charge < -0.3 is 4.90 Å². The van der Waals surface area contributed by atoms with Gasteiger partial charge in [-0.25, -0.2) is 4.39 Å². The highest BCUT2D eigenvalue weighted by Gasteiger charge is 2.38. The number of rotatable bonds is 1. The minimum absolute atomic E-state index is 0.176. The summed E-state index contributed by atoms with van der Waals surface area (Å²) in [5.41, 5.74) is 0.651. The van der Waals surface area contributed by atoms with Crippen LogP contribution in [0.1, 0.15) is 48.9 Å². The molecule has 1 spiro atoms.